The Kier molecular flexibility index (Phi) is 3.67. The van der Waals surface area contributed by atoms with Gasteiger partial charge >= 0.3 is 0 Å². The largest absolute Gasteiger partial charge is 0.384 e. The molecule has 0 aliphatic heterocycles. The molecular formula is C13H10Cl2N2. The number of pyridine rings is 1. The normalized spacial score (nSPS) is 10.9. The number of nitrogen functional groups attached to an aromatic ring is 1. The van der Waals surface area contributed by atoms with Gasteiger partial charge in [-0.1, -0.05) is 41.4 Å². The van der Waals surface area contributed by atoms with Crippen molar-refractivity contribution in [1.82, 2.24) is 4.98 Å². The third-order valence-corrected chi connectivity index (χ3v) is 2.92. The van der Waals surface area contributed by atoms with E-state index in [0.717, 1.165) is 11.3 Å². The highest BCUT2D eigenvalue weighted by molar-refractivity contribution is 6.42. The Morgan fingerprint density at radius 1 is 1.00 bits per heavy atom. The van der Waals surface area contributed by atoms with Crippen molar-refractivity contribution in [1.29, 1.82) is 0 Å². The number of halogens is 2. The van der Waals surface area contributed by atoms with Crippen LogP contribution in [0.5, 0.6) is 0 Å². The molecule has 1 aromatic carbocycles. The molecule has 0 amide bonds. The number of nitrogens with two attached hydrogens (primary N) is 1. The van der Waals surface area contributed by atoms with Crippen LogP contribution in [0, 0.1) is 0 Å². The molecule has 1 heterocycles. The summed E-state index contributed by atoms with van der Waals surface area (Å²) in [4.78, 5) is 4.16. The van der Waals surface area contributed by atoms with E-state index in [1.54, 1.807) is 18.2 Å². The van der Waals surface area contributed by atoms with Gasteiger partial charge in [-0.05, 0) is 35.9 Å². The summed E-state index contributed by atoms with van der Waals surface area (Å²) in [5.41, 5.74) is 7.35. The van der Waals surface area contributed by atoms with Gasteiger partial charge in [-0.15, -0.1) is 0 Å². The van der Waals surface area contributed by atoms with Gasteiger partial charge in [-0.2, -0.15) is 0 Å². The molecule has 2 rings (SSSR count). The second-order valence-corrected chi connectivity index (χ2v) is 4.31. The van der Waals surface area contributed by atoms with E-state index in [4.69, 9.17) is 28.9 Å². The molecule has 0 unspecified atom stereocenters. The molecule has 1 aromatic heterocycles. The monoisotopic (exact) mass is 264 g/mol. The molecule has 0 atom stereocenters. The van der Waals surface area contributed by atoms with E-state index in [9.17, 15) is 0 Å². The van der Waals surface area contributed by atoms with E-state index in [-0.39, 0.29) is 0 Å². The average Bonchev–Trinajstić information content (AvgIpc) is 2.31. The average molecular weight is 265 g/mol. The zero-order chi connectivity index (χ0) is 12.3. The summed E-state index contributed by atoms with van der Waals surface area (Å²) in [7, 11) is 0. The molecule has 0 radical (unpaired) electrons. The van der Waals surface area contributed by atoms with Gasteiger partial charge in [0, 0.05) is 0 Å². The van der Waals surface area contributed by atoms with Crippen LogP contribution in [0.3, 0.4) is 0 Å². The number of nitrogens with zero attached hydrogens (tertiary/aromatic N) is 1. The maximum Gasteiger partial charge on any atom is 0.124 e. The molecule has 0 aliphatic carbocycles. The third kappa shape index (κ3) is 3.22. The van der Waals surface area contributed by atoms with Crippen molar-refractivity contribution >= 4 is 41.2 Å². The Balaban J connectivity index is 2.23. The SMILES string of the molecule is Nc1cccc(C=Cc2ccc(Cl)c(Cl)c2)n1. The summed E-state index contributed by atoms with van der Waals surface area (Å²) < 4.78 is 0. The number of hydrogen-bond acceptors (Lipinski definition) is 2. The summed E-state index contributed by atoms with van der Waals surface area (Å²) in [5, 5.41) is 1.08. The van der Waals surface area contributed by atoms with E-state index in [1.165, 1.54) is 0 Å². The zero-order valence-electron chi connectivity index (χ0n) is 8.90. The molecule has 0 saturated carbocycles. The first kappa shape index (κ1) is 12.0. The Morgan fingerprint density at radius 2 is 1.82 bits per heavy atom. The van der Waals surface area contributed by atoms with E-state index in [1.807, 2.05) is 30.4 Å². The molecule has 0 fully saturated rings. The second-order valence-electron chi connectivity index (χ2n) is 3.49. The van der Waals surface area contributed by atoms with Gasteiger partial charge < -0.3 is 5.73 Å². The highest BCUT2D eigenvalue weighted by Crippen LogP contribution is 2.23. The maximum atomic E-state index is 5.92. The van der Waals surface area contributed by atoms with E-state index in [0.29, 0.717) is 15.9 Å². The van der Waals surface area contributed by atoms with Gasteiger partial charge in [0.05, 0.1) is 15.7 Å². The lowest BCUT2D eigenvalue weighted by molar-refractivity contribution is 1.31. The van der Waals surface area contributed by atoms with Crippen LogP contribution < -0.4 is 5.73 Å². The quantitative estimate of drug-likeness (QED) is 0.886. The van der Waals surface area contributed by atoms with E-state index >= 15 is 0 Å². The predicted octanol–water partition coefficient (Wildman–Crippen LogP) is 4.14. The summed E-state index contributed by atoms with van der Waals surface area (Å²) in [6.45, 7) is 0. The van der Waals surface area contributed by atoms with Gasteiger partial charge in [-0.25, -0.2) is 4.98 Å². The zero-order valence-corrected chi connectivity index (χ0v) is 10.4. The van der Waals surface area contributed by atoms with Crippen LogP contribution in [0.25, 0.3) is 12.2 Å². The highest BCUT2D eigenvalue weighted by atomic mass is 35.5. The lowest BCUT2D eigenvalue weighted by Gasteiger charge is -1.98. The van der Waals surface area contributed by atoms with Crippen LogP contribution in [-0.2, 0) is 0 Å². The van der Waals surface area contributed by atoms with Crippen molar-refractivity contribution < 1.29 is 0 Å². The molecule has 0 saturated heterocycles. The molecule has 0 spiro atoms. The number of anilines is 1. The fourth-order valence-electron chi connectivity index (χ4n) is 1.36. The van der Waals surface area contributed by atoms with E-state index in [2.05, 4.69) is 4.98 Å². The number of benzene rings is 1. The summed E-state index contributed by atoms with van der Waals surface area (Å²) in [5.74, 6) is 0.501. The predicted molar refractivity (Wildman–Crippen MR) is 74.0 cm³/mol. The third-order valence-electron chi connectivity index (χ3n) is 2.18. The standard InChI is InChI=1S/C13H10Cl2N2/c14-11-7-5-9(8-12(11)15)4-6-10-2-1-3-13(16)17-10/h1-8H,(H2,16,17). The molecule has 86 valence electrons. The van der Waals surface area contributed by atoms with Gasteiger partial charge in [0.2, 0.25) is 0 Å². The lowest BCUT2D eigenvalue weighted by Crippen LogP contribution is -1.90. The van der Waals surface area contributed by atoms with Crippen molar-refractivity contribution in [3.05, 3.63) is 57.7 Å². The van der Waals surface area contributed by atoms with Crippen LogP contribution in [0.2, 0.25) is 10.0 Å². The first-order valence-electron chi connectivity index (χ1n) is 5.01. The number of hydrogen-bond donors (Lipinski definition) is 1. The van der Waals surface area contributed by atoms with Gasteiger partial charge in [0.15, 0.2) is 0 Å². The minimum Gasteiger partial charge on any atom is -0.384 e. The van der Waals surface area contributed by atoms with Crippen LogP contribution in [0.4, 0.5) is 5.82 Å². The van der Waals surface area contributed by atoms with Crippen molar-refractivity contribution in [2.24, 2.45) is 0 Å². The van der Waals surface area contributed by atoms with Crippen LogP contribution in [0.15, 0.2) is 36.4 Å². The molecule has 0 aliphatic rings. The highest BCUT2D eigenvalue weighted by Gasteiger charge is 1.97. The number of aromatic nitrogens is 1. The first-order chi connectivity index (χ1) is 8.15. The van der Waals surface area contributed by atoms with Crippen LogP contribution >= 0.6 is 23.2 Å². The van der Waals surface area contributed by atoms with Gasteiger partial charge in [0.25, 0.3) is 0 Å². The molecule has 2 N–H and O–H groups in total. The molecule has 4 heteroatoms. The Bertz CT molecular complexity index is 565. The topological polar surface area (TPSA) is 38.9 Å². The van der Waals surface area contributed by atoms with Crippen LogP contribution in [-0.4, -0.2) is 4.98 Å². The molecule has 17 heavy (non-hydrogen) atoms. The summed E-state index contributed by atoms with van der Waals surface area (Å²) in [6.07, 6.45) is 3.78. The smallest absolute Gasteiger partial charge is 0.124 e. The minimum absolute atomic E-state index is 0.501. The van der Waals surface area contributed by atoms with Crippen molar-refractivity contribution in [3.8, 4) is 0 Å². The van der Waals surface area contributed by atoms with Crippen LogP contribution in [0.1, 0.15) is 11.3 Å². The summed E-state index contributed by atoms with van der Waals surface area (Å²) in [6, 6.07) is 10.9. The fraction of sp³-hybridized carbons (Fsp3) is 0. The van der Waals surface area contributed by atoms with E-state index < -0.39 is 0 Å². The van der Waals surface area contributed by atoms with Gasteiger partial charge in [0.1, 0.15) is 5.82 Å². The molecular weight excluding hydrogens is 255 g/mol. The fourth-order valence-corrected chi connectivity index (χ4v) is 1.67. The van der Waals surface area contributed by atoms with Crippen molar-refractivity contribution in [2.45, 2.75) is 0 Å². The number of rotatable bonds is 2. The minimum atomic E-state index is 0.501. The molecule has 0 bridgehead atoms. The maximum absolute atomic E-state index is 5.92. The second kappa shape index (κ2) is 5.21. The summed E-state index contributed by atoms with van der Waals surface area (Å²) >= 11 is 11.8. The molecule has 2 nitrogen and oxygen atoms in total. The van der Waals surface area contributed by atoms with Crippen molar-refractivity contribution in [2.75, 3.05) is 5.73 Å². The lowest BCUT2D eigenvalue weighted by atomic mass is 10.2. The Morgan fingerprint density at radius 3 is 2.53 bits per heavy atom. The Labute approximate surface area is 110 Å². The molecule has 2 aromatic rings. The first-order valence-corrected chi connectivity index (χ1v) is 5.76. The van der Waals surface area contributed by atoms with Crippen molar-refractivity contribution in [3.63, 3.8) is 0 Å². The van der Waals surface area contributed by atoms with Gasteiger partial charge in [-0.3, -0.25) is 0 Å². The Hall–Kier alpha value is -1.51.